The Bertz CT molecular complexity index is 305. The maximum Gasteiger partial charge on any atom is 0.0529 e. The summed E-state index contributed by atoms with van der Waals surface area (Å²) in [6, 6.07) is 2.57. The minimum atomic E-state index is -0.226. The minimum absolute atomic E-state index is 0.226. The quantitative estimate of drug-likeness (QED) is 0.777. The van der Waals surface area contributed by atoms with E-state index in [2.05, 4.69) is 42.2 Å². The first-order chi connectivity index (χ1) is 7.54. The highest BCUT2D eigenvalue weighted by molar-refractivity contribution is 5.16. The molecule has 2 atom stereocenters. The first kappa shape index (κ1) is 13.3. The molecule has 0 spiro atoms. The third kappa shape index (κ3) is 3.65. The van der Waals surface area contributed by atoms with Gasteiger partial charge in [0.15, 0.2) is 0 Å². The molecule has 0 aromatic carbocycles. The van der Waals surface area contributed by atoms with Gasteiger partial charge in [0.1, 0.15) is 0 Å². The average Bonchev–Trinajstić information content (AvgIpc) is 2.64. The van der Waals surface area contributed by atoms with Gasteiger partial charge < -0.3 is 15.0 Å². The summed E-state index contributed by atoms with van der Waals surface area (Å²) >= 11 is 0. The molecule has 3 heteroatoms. The van der Waals surface area contributed by atoms with E-state index in [1.54, 1.807) is 0 Å². The fourth-order valence-corrected chi connectivity index (χ4v) is 2.00. The van der Waals surface area contributed by atoms with E-state index >= 15 is 0 Å². The molecule has 2 unspecified atom stereocenters. The Morgan fingerprint density at radius 1 is 1.38 bits per heavy atom. The van der Waals surface area contributed by atoms with Crippen LogP contribution in [0.15, 0.2) is 18.5 Å². The van der Waals surface area contributed by atoms with Crippen molar-refractivity contribution in [2.24, 2.45) is 5.92 Å². The van der Waals surface area contributed by atoms with Crippen LogP contribution in [0.1, 0.15) is 38.8 Å². The average molecular weight is 224 g/mol. The van der Waals surface area contributed by atoms with Crippen molar-refractivity contribution in [1.29, 1.82) is 0 Å². The fourth-order valence-electron chi connectivity index (χ4n) is 2.00. The molecule has 0 bridgehead atoms. The van der Waals surface area contributed by atoms with E-state index < -0.39 is 0 Å². The number of aryl methyl sites for hydroxylation is 1. The highest BCUT2D eigenvalue weighted by atomic mass is 16.3. The van der Waals surface area contributed by atoms with Gasteiger partial charge in [-0.25, -0.2) is 0 Å². The van der Waals surface area contributed by atoms with Crippen molar-refractivity contribution in [3.05, 3.63) is 24.0 Å². The summed E-state index contributed by atoms with van der Waals surface area (Å²) in [6.07, 6.45) is 4.84. The Labute approximate surface area is 98.5 Å². The predicted molar refractivity (Wildman–Crippen MR) is 67.4 cm³/mol. The molecule has 1 aromatic rings. The smallest absolute Gasteiger partial charge is 0.0529 e. The lowest BCUT2D eigenvalue weighted by atomic mass is 9.99. The van der Waals surface area contributed by atoms with Crippen molar-refractivity contribution in [1.82, 2.24) is 9.88 Å². The molecule has 0 radical (unpaired) electrons. The standard InChI is InChI=1S/C13H24N2O/c1-10(2)13(14-4)12-6-8-15(9-12)7-5-11(3)16/h6,8-11,13-14,16H,5,7H2,1-4H3. The number of rotatable bonds is 6. The van der Waals surface area contributed by atoms with Crippen molar-refractivity contribution in [2.75, 3.05) is 7.05 Å². The van der Waals surface area contributed by atoms with Crippen LogP contribution in [-0.4, -0.2) is 22.8 Å². The van der Waals surface area contributed by atoms with Gasteiger partial charge in [0.2, 0.25) is 0 Å². The van der Waals surface area contributed by atoms with E-state index in [9.17, 15) is 5.11 Å². The highest BCUT2D eigenvalue weighted by Gasteiger charge is 2.14. The molecule has 16 heavy (non-hydrogen) atoms. The van der Waals surface area contributed by atoms with Gasteiger partial charge in [-0.15, -0.1) is 0 Å². The summed E-state index contributed by atoms with van der Waals surface area (Å²) in [7, 11) is 2.00. The van der Waals surface area contributed by atoms with Gasteiger partial charge in [-0.3, -0.25) is 0 Å². The monoisotopic (exact) mass is 224 g/mol. The van der Waals surface area contributed by atoms with Crippen LogP contribution in [0.25, 0.3) is 0 Å². The largest absolute Gasteiger partial charge is 0.393 e. The zero-order valence-corrected chi connectivity index (χ0v) is 10.8. The number of hydrogen-bond acceptors (Lipinski definition) is 2. The maximum atomic E-state index is 9.24. The van der Waals surface area contributed by atoms with Gasteiger partial charge in [-0.05, 0) is 37.9 Å². The summed E-state index contributed by atoms with van der Waals surface area (Å²) in [5.41, 5.74) is 1.32. The van der Waals surface area contributed by atoms with E-state index in [1.165, 1.54) is 5.56 Å². The summed E-state index contributed by atoms with van der Waals surface area (Å²) in [5, 5.41) is 12.6. The summed E-state index contributed by atoms with van der Waals surface area (Å²) in [6.45, 7) is 7.14. The first-order valence-electron chi connectivity index (χ1n) is 6.05. The second-order valence-corrected chi connectivity index (χ2v) is 4.83. The van der Waals surface area contributed by atoms with Gasteiger partial charge >= 0.3 is 0 Å². The Morgan fingerprint density at radius 2 is 2.06 bits per heavy atom. The molecule has 1 rings (SSSR count). The third-order valence-electron chi connectivity index (χ3n) is 2.92. The van der Waals surface area contributed by atoms with Crippen LogP contribution in [-0.2, 0) is 6.54 Å². The number of aliphatic hydroxyl groups is 1. The van der Waals surface area contributed by atoms with E-state index in [0.717, 1.165) is 13.0 Å². The van der Waals surface area contributed by atoms with E-state index in [-0.39, 0.29) is 6.10 Å². The maximum absolute atomic E-state index is 9.24. The molecular formula is C13H24N2O. The molecule has 1 heterocycles. The predicted octanol–water partition coefficient (Wildman–Crippen LogP) is 2.18. The summed E-state index contributed by atoms with van der Waals surface area (Å²) in [5.74, 6) is 0.581. The van der Waals surface area contributed by atoms with Gasteiger partial charge in [0, 0.05) is 25.0 Å². The second-order valence-electron chi connectivity index (χ2n) is 4.83. The van der Waals surface area contributed by atoms with Gasteiger partial charge in [-0.2, -0.15) is 0 Å². The molecule has 0 aliphatic rings. The molecule has 0 amide bonds. The SMILES string of the molecule is CNC(c1ccn(CCC(C)O)c1)C(C)C. The second kappa shape index (κ2) is 6.06. The molecule has 2 N–H and O–H groups in total. The van der Waals surface area contributed by atoms with Crippen molar-refractivity contribution in [3.8, 4) is 0 Å². The summed E-state index contributed by atoms with van der Waals surface area (Å²) in [4.78, 5) is 0. The van der Waals surface area contributed by atoms with Crippen molar-refractivity contribution >= 4 is 0 Å². The first-order valence-corrected chi connectivity index (χ1v) is 6.05. The van der Waals surface area contributed by atoms with Crippen molar-refractivity contribution in [3.63, 3.8) is 0 Å². The highest BCUT2D eigenvalue weighted by Crippen LogP contribution is 2.21. The van der Waals surface area contributed by atoms with Crippen LogP contribution in [0.5, 0.6) is 0 Å². The lowest BCUT2D eigenvalue weighted by molar-refractivity contribution is 0.178. The molecule has 1 aromatic heterocycles. The number of aliphatic hydroxyl groups excluding tert-OH is 1. The topological polar surface area (TPSA) is 37.2 Å². The van der Waals surface area contributed by atoms with E-state index in [1.807, 2.05) is 14.0 Å². The number of nitrogens with zero attached hydrogens (tertiary/aromatic N) is 1. The lowest BCUT2D eigenvalue weighted by Gasteiger charge is -2.18. The van der Waals surface area contributed by atoms with Gasteiger partial charge in [0.25, 0.3) is 0 Å². The fraction of sp³-hybridized carbons (Fsp3) is 0.692. The van der Waals surface area contributed by atoms with Gasteiger partial charge in [-0.1, -0.05) is 13.8 Å². The van der Waals surface area contributed by atoms with E-state index in [0.29, 0.717) is 12.0 Å². The Hall–Kier alpha value is -0.800. The van der Waals surface area contributed by atoms with E-state index in [4.69, 9.17) is 0 Å². The zero-order valence-electron chi connectivity index (χ0n) is 10.8. The molecular weight excluding hydrogens is 200 g/mol. The normalized spacial score (nSPS) is 15.4. The lowest BCUT2D eigenvalue weighted by Crippen LogP contribution is -2.21. The van der Waals surface area contributed by atoms with Gasteiger partial charge in [0.05, 0.1) is 6.10 Å². The molecule has 92 valence electrons. The number of aromatic nitrogens is 1. The molecule has 0 aliphatic carbocycles. The number of hydrogen-bond donors (Lipinski definition) is 2. The third-order valence-corrected chi connectivity index (χ3v) is 2.92. The summed E-state index contributed by atoms with van der Waals surface area (Å²) < 4.78 is 2.15. The Balaban J connectivity index is 2.62. The Morgan fingerprint density at radius 3 is 2.56 bits per heavy atom. The number of nitrogens with one attached hydrogen (secondary N) is 1. The van der Waals surface area contributed by atoms with Crippen LogP contribution in [0, 0.1) is 5.92 Å². The van der Waals surface area contributed by atoms with Crippen LogP contribution >= 0.6 is 0 Å². The molecule has 0 saturated carbocycles. The minimum Gasteiger partial charge on any atom is -0.393 e. The molecule has 3 nitrogen and oxygen atoms in total. The molecule has 0 fully saturated rings. The molecule has 0 aliphatic heterocycles. The van der Waals surface area contributed by atoms with Crippen LogP contribution in [0.2, 0.25) is 0 Å². The molecule has 0 saturated heterocycles. The van der Waals surface area contributed by atoms with Crippen LogP contribution in [0.3, 0.4) is 0 Å². The Kier molecular flexibility index (Phi) is 5.03. The van der Waals surface area contributed by atoms with Crippen molar-refractivity contribution in [2.45, 2.75) is 45.9 Å². The zero-order chi connectivity index (χ0) is 12.1. The van der Waals surface area contributed by atoms with Crippen LogP contribution < -0.4 is 5.32 Å². The van der Waals surface area contributed by atoms with Crippen molar-refractivity contribution < 1.29 is 5.11 Å². The van der Waals surface area contributed by atoms with Crippen LogP contribution in [0.4, 0.5) is 0 Å².